The van der Waals surface area contributed by atoms with Gasteiger partial charge in [-0.2, -0.15) is 5.26 Å². The van der Waals surface area contributed by atoms with Gasteiger partial charge in [-0.3, -0.25) is 0 Å². The summed E-state index contributed by atoms with van der Waals surface area (Å²) in [6, 6.07) is 5.03. The highest BCUT2D eigenvalue weighted by Gasteiger charge is 2.19. The number of aromatic nitrogens is 1. The van der Waals surface area contributed by atoms with Gasteiger partial charge in [-0.25, -0.2) is 13.4 Å². The van der Waals surface area contributed by atoms with E-state index in [0.717, 1.165) is 0 Å². The molecule has 0 saturated carbocycles. The van der Waals surface area contributed by atoms with Gasteiger partial charge in [0.15, 0.2) is 9.84 Å². The molecule has 0 aliphatic carbocycles. The summed E-state index contributed by atoms with van der Waals surface area (Å²) < 4.78 is 23.7. The molecular formula is C11H14N2O2S. The Kier molecular flexibility index (Phi) is 4.02. The van der Waals surface area contributed by atoms with E-state index in [-0.39, 0.29) is 16.7 Å². The van der Waals surface area contributed by atoms with Gasteiger partial charge in [-0.05, 0) is 31.0 Å². The van der Waals surface area contributed by atoms with Crippen molar-refractivity contribution in [3.63, 3.8) is 0 Å². The second-order valence-electron chi connectivity index (χ2n) is 3.69. The van der Waals surface area contributed by atoms with Crippen molar-refractivity contribution in [3.8, 4) is 6.07 Å². The highest BCUT2D eigenvalue weighted by Crippen LogP contribution is 2.13. The lowest BCUT2D eigenvalue weighted by molar-refractivity contribution is 0.580. The van der Waals surface area contributed by atoms with E-state index in [2.05, 4.69) is 4.98 Å². The van der Waals surface area contributed by atoms with Crippen LogP contribution in [0.25, 0.3) is 0 Å². The summed E-state index contributed by atoms with van der Waals surface area (Å²) in [4.78, 5) is 3.80. The van der Waals surface area contributed by atoms with Crippen LogP contribution in [0.3, 0.4) is 0 Å². The molecule has 1 rings (SSSR count). The van der Waals surface area contributed by atoms with Crippen molar-refractivity contribution in [2.24, 2.45) is 0 Å². The molecule has 1 atom stereocenters. The first-order valence-electron chi connectivity index (χ1n) is 5.06. The van der Waals surface area contributed by atoms with Crippen molar-refractivity contribution in [3.05, 3.63) is 29.6 Å². The van der Waals surface area contributed by atoms with E-state index in [1.54, 1.807) is 13.0 Å². The molecule has 5 heteroatoms. The number of sulfone groups is 1. The van der Waals surface area contributed by atoms with Crippen molar-refractivity contribution < 1.29 is 8.42 Å². The first kappa shape index (κ1) is 12.7. The maximum atomic E-state index is 11.8. The van der Waals surface area contributed by atoms with E-state index in [4.69, 9.17) is 5.26 Å². The van der Waals surface area contributed by atoms with Gasteiger partial charge < -0.3 is 0 Å². The summed E-state index contributed by atoms with van der Waals surface area (Å²) in [7, 11) is -3.13. The van der Waals surface area contributed by atoms with Crippen LogP contribution < -0.4 is 0 Å². The zero-order valence-electron chi connectivity index (χ0n) is 9.34. The zero-order chi connectivity index (χ0) is 12.2. The topological polar surface area (TPSA) is 70.8 Å². The third kappa shape index (κ3) is 3.04. The molecule has 0 amide bonds. The smallest absolute Gasteiger partial charge is 0.157 e. The molecular weight excluding hydrogens is 224 g/mol. The minimum Gasteiger partial charge on any atom is -0.246 e. The molecule has 0 N–H and O–H groups in total. The van der Waals surface area contributed by atoms with Crippen molar-refractivity contribution >= 4 is 9.84 Å². The van der Waals surface area contributed by atoms with Gasteiger partial charge in [-0.15, -0.1) is 0 Å². The van der Waals surface area contributed by atoms with Crippen molar-refractivity contribution in [2.75, 3.05) is 0 Å². The van der Waals surface area contributed by atoms with Gasteiger partial charge in [0.25, 0.3) is 0 Å². The molecule has 0 aliphatic heterocycles. The fourth-order valence-electron chi connectivity index (χ4n) is 1.25. The third-order valence-electron chi connectivity index (χ3n) is 2.49. The van der Waals surface area contributed by atoms with Crippen LogP contribution in [0.1, 0.15) is 31.5 Å². The molecule has 1 unspecified atom stereocenters. The van der Waals surface area contributed by atoms with Crippen LogP contribution >= 0.6 is 0 Å². The average molecular weight is 238 g/mol. The number of nitriles is 1. The Morgan fingerprint density at radius 3 is 2.81 bits per heavy atom. The highest BCUT2D eigenvalue weighted by molar-refractivity contribution is 7.91. The van der Waals surface area contributed by atoms with Gasteiger partial charge in [0.2, 0.25) is 0 Å². The lowest BCUT2D eigenvalue weighted by atomic mass is 10.2. The molecule has 86 valence electrons. The standard InChI is InChI=1S/C11H14N2O2S/c1-3-9(2)16(14,15)8-10-4-5-13-11(6-10)7-12/h4-6,9H,3,8H2,1-2H3. The zero-order valence-corrected chi connectivity index (χ0v) is 10.2. The summed E-state index contributed by atoms with van der Waals surface area (Å²) in [5.74, 6) is -0.0286. The predicted octanol–water partition coefficient (Wildman–Crippen LogP) is 1.67. The third-order valence-corrected chi connectivity index (χ3v) is 4.79. The fraction of sp³-hybridized carbons (Fsp3) is 0.455. The SMILES string of the molecule is CCC(C)S(=O)(=O)Cc1ccnc(C#N)c1. The molecule has 0 fully saturated rings. The molecule has 0 aromatic carbocycles. The second-order valence-corrected chi connectivity index (χ2v) is 6.11. The normalized spacial score (nSPS) is 13.1. The lowest BCUT2D eigenvalue weighted by Crippen LogP contribution is -2.18. The van der Waals surface area contributed by atoms with Crippen LogP contribution in [0, 0.1) is 11.3 Å². The maximum absolute atomic E-state index is 11.8. The summed E-state index contributed by atoms with van der Waals surface area (Å²) in [5, 5.41) is 8.30. The number of rotatable bonds is 4. The minimum atomic E-state index is -3.13. The van der Waals surface area contributed by atoms with Gasteiger partial charge in [-0.1, -0.05) is 6.92 Å². The Labute approximate surface area is 95.9 Å². The Hall–Kier alpha value is -1.41. The van der Waals surface area contributed by atoms with E-state index in [9.17, 15) is 8.42 Å². The Morgan fingerprint density at radius 2 is 2.25 bits per heavy atom. The summed E-state index contributed by atoms with van der Waals surface area (Å²) in [5.41, 5.74) is 0.865. The summed E-state index contributed by atoms with van der Waals surface area (Å²) in [6.45, 7) is 3.54. The molecule has 4 nitrogen and oxygen atoms in total. The van der Waals surface area contributed by atoms with E-state index < -0.39 is 9.84 Å². The van der Waals surface area contributed by atoms with Crippen LogP contribution in [-0.2, 0) is 15.6 Å². The first-order chi connectivity index (χ1) is 7.49. The second kappa shape index (κ2) is 5.08. The Bertz CT molecular complexity index is 503. The van der Waals surface area contributed by atoms with Gasteiger partial charge in [0.05, 0.1) is 11.0 Å². The monoisotopic (exact) mass is 238 g/mol. The summed E-state index contributed by atoms with van der Waals surface area (Å²) >= 11 is 0. The molecule has 0 saturated heterocycles. The average Bonchev–Trinajstić information content (AvgIpc) is 2.27. The molecule has 16 heavy (non-hydrogen) atoms. The molecule has 0 bridgehead atoms. The van der Waals surface area contributed by atoms with E-state index in [1.165, 1.54) is 12.3 Å². The highest BCUT2D eigenvalue weighted by atomic mass is 32.2. The largest absolute Gasteiger partial charge is 0.246 e. The predicted molar refractivity (Wildman–Crippen MR) is 61.3 cm³/mol. The number of nitrogens with zero attached hydrogens (tertiary/aromatic N) is 2. The Balaban J connectivity index is 2.93. The van der Waals surface area contributed by atoms with E-state index in [1.807, 2.05) is 13.0 Å². The molecule has 1 aromatic rings. The quantitative estimate of drug-likeness (QED) is 0.800. The van der Waals surface area contributed by atoms with Gasteiger partial charge in [0, 0.05) is 6.20 Å². The van der Waals surface area contributed by atoms with Crippen molar-refractivity contribution in [1.82, 2.24) is 4.98 Å². The number of hydrogen-bond donors (Lipinski definition) is 0. The summed E-state index contributed by atoms with van der Waals surface area (Å²) in [6.07, 6.45) is 2.05. The van der Waals surface area contributed by atoms with Gasteiger partial charge in [0.1, 0.15) is 11.8 Å². The molecule has 1 heterocycles. The van der Waals surface area contributed by atoms with Gasteiger partial charge >= 0.3 is 0 Å². The Morgan fingerprint density at radius 1 is 1.56 bits per heavy atom. The minimum absolute atomic E-state index is 0.0286. The molecule has 0 spiro atoms. The van der Waals surface area contributed by atoms with Crippen molar-refractivity contribution in [2.45, 2.75) is 31.3 Å². The van der Waals surface area contributed by atoms with Crippen molar-refractivity contribution in [1.29, 1.82) is 5.26 Å². The fourth-order valence-corrected chi connectivity index (χ4v) is 2.69. The van der Waals surface area contributed by atoms with Crippen LogP contribution in [0.15, 0.2) is 18.3 Å². The van der Waals surface area contributed by atoms with Crippen LogP contribution in [0.4, 0.5) is 0 Å². The van der Waals surface area contributed by atoms with Crippen LogP contribution in [0.2, 0.25) is 0 Å². The number of hydrogen-bond acceptors (Lipinski definition) is 4. The number of pyridine rings is 1. The van der Waals surface area contributed by atoms with E-state index in [0.29, 0.717) is 12.0 Å². The van der Waals surface area contributed by atoms with Crippen LogP contribution in [0.5, 0.6) is 0 Å². The molecule has 0 aliphatic rings. The van der Waals surface area contributed by atoms with Crippen LogP contribution in [-0.4, -0.2) is 18.7 Å². The maximum Gasteiger partial charge on any atom is 0.157 e. The molecule has 0 radical (unpaired) electrons. The first-order valence-corrected chi connectivity index (χ1v) is 6.77. The molecule has 1 aromatic heterocycles. The van der Waals surface area contributed by atoms with E-state index >= 15 is 0 Å². The lowest BCUT2D eigenvalue weighted by Gasteiger charge is -2.10.